The number of nitrogens with zero attached hydrogens (tertiary/aromatic N) is 2. The summed E-state index contributed by atoms with van der Waals surface area (Å²) in [5.74, 6) is 6.20. The molecule has 0 saturated carbocycles. The van der Waals surface area contributed by atoms with E-state index in [0.717, 1.165) is 5.82 Å². The Morgan fingerprint density at radius 2 is 2.31 bits per heavy atom. The van der Waals surface area contributed by atoms with Gasteiger partial charge >= 0.3 is 5.97 Å². The maximum Gasteiger partial charge on any atom is 0.360 e. The van der Waals surface area contributed by atoms with Crippen molar-refractivity contribution in [2.75, 3.05) is 12.8 Å². The van der Waals surface area contributed by atoms with Gasteiger partial charge in [-0.25, -0.2) is 9.78 Å². The zero-order valence-corrected chi connectivity index (χ0v) is 9.70. The molecule has 2 N–H and O–H groups in total. The molecule has 1 aromatic rings. The zero-order chi connectivity index (χ0) is 12.1. The minimum Gasteiger partial charge on any atom is -0.464 e. The van der Waals surface area contributed by atoms with Gasteiger partial charge in [-0.05, 0) is 6.92 Å². The van der Waals surface area contributed by atoms with Gasteiger partial charge in [0.2, 0.25) is 0 Å². The van der Waals surface area contributed by atoms with Crippen LogP contribution >= 0.6 is 0 Å². The second-order valence-corrected chi connectivity index (χ2v) is 3.12. The molecule has 86 valence electrons. The minimum absolute atomic E-state index is 0.164. The standard InChI is InChI=1S/C11H15N3O2/c1-4-6-7-14-8(5-2)13-9(10(14)12)11(15)16-3/h5,7,12H2,1-3H3. The summed E-state index contributed by atoms with van der Waals surface area (Å²) >= 11 is 0. The molecule has 0 fully saturated rings. The monoisotopic (exact) mass is 221 g/mol. The summed E-state index contributed by atoms with van der Waals surface area (Å²) in [6, 6.07) is 0. The van der Waals surface area contributed by atoms with Crippen LogP contribution in [0.15, 0.2) is 0 Å². The lowest BCUT2D eigenvalue weighted by molar-refractivity contribution is 0.0595. The van der Waals surface area contributed by atoms with Crippen LogP contribution < -0.4 is 5.73 Å². The van der Waals surface area contributed by atoms with Crippen molar-refractivity contribution in [1.82, 2.24) is 9.55 Å². The van der Waals surface area contributed by atoms with Crippen LogP contribution in [0.4, 0.5) is 5.82 Å². The van der Waals surface area contributed by atoms with Gasteiger partial charge in [0, 0.05) is 6.42 Å². The highest BCUT2D eigenvalue weighted by Gasteiger charge is 2.19. The molecule has 16 heavy (non-hydrogen) atoms. The maximum absolute atomic E-state index is 11.4. The van der Waals surface area contributed by atoms with Gasteiger partial charge in [-0.1, -0.05) is 12.8 Å². The third-order valence-electron chi connectivity index (χ3n) is 2.19. The minimum atomic E-state index is -0.518. The second-order valence-electron chi connectivity index (χ2n) is 3.12. The third-order valence-corrected chi connectivity index (χ3v) is 2.19. The van der Waals surface area contributed by atoms with Crippen molar-refractivity contribution in [2.45, 2.75) is 26.8 Å². The van der Waals surface area contributed by atoms with Gasteiger partial charge in [0.05, 0.1) is 13.7 Å². The predicted molar refractivity (Wildman–Crippen MR) is 60.8 cm³/mol. The van der Waals surface area contributed by atoms with Crippen molar-refractivity contribution in [3.8, 4) is 11.8 Å². The quantitative estimate of drug-likeness (QED) is 0.606. The second kappa shape index (κ2) is 5.21. The largest absolute Gasteiger partial charge is 0.464 e. The molecule has 1 heterocycles. The number of aryl methyl sites for hydroxylation is 1. The first-order valence-electron chi connectivity index (χ1n) is 4.98. The number of aromatic nitrogens is 2. The molecule has 0 radical (unpaired) electrons. The molecule has 0 saturated heterocycles. The number of carbonyl (C=O) groups is 1. The van der Waals surface area contributed by atoms with Crippen molar-refractivity contribution >= 4 is 11.8 Å². The third kappa shape index (κ3) is 2.16. The Kier molecular flexibility index (Phi) is 3.95. The number of carbonyl (C=O) groups excluding carboxylic acids is 1. The Balaban J connectivity index is 3.18. The van der Waals surface area contributed by atoms with E-state index < -0.39 is 5.97 Å². The van der Waals surface area contributed by atoms with Crippen LogP contribution in [0.5, 0.6) is 0 Å². The average molecular weight is 221 g/mol. The average Bonchev–Trinajstić information content (AvgIpc) is 2.62. The molecule has 5 heteroatoms. The van der Waals surface area contributed by atoms with Crippen molar-refractivity contribution < 1.29 is 9.53 Å². The number of nitrogens with two attached hydrogens (primary N) is 1. The lowest BCUT2D eigenvalue weighted by atomic mass is 10.4. The van der Waals surface area contributed by atoms with Gasteiger partial charge in [-0.15, -0.1) is 5.92 Å². The van der Waals surface area contributed by atoms with Gasteiger partial charge in [0.25, 0.3) is 0 Å². The molecular formula is C11H15N3O2. The highest BCUT2D eigenvalue weighted by atomic mass is 16.5. The van der Waals surface area contributed by atoms with Crippen molar-refractivity contribution in [2.24, 2.45) is 0 Å². The number of nitrogen functional groups attached to an aromatic ring is 1. The van der Waals surface area contributed by atoms with E-state index in [9.17, 15) is 4.79 Å². The summed E-state index contributed by atoms with van der Waals surface area (Å²) in [6.45, 7) is 4.13. The summed E-state index contributed by atoms with van der Waals surface area (Å²) in [4.78, 5) is 15.5. The van der Waals surface area contributed by atoms with Gasteiger partial charge in [-0.2, -0.15) is 0 Å². The zero-order valence-electron chi connectivity index (χ0n) is 9.70. The lowest BCUT2D eigenvalue weighted by Crippen LogP contribution is -2.08. The number of methoxy groups -OCH3 is 1. The van der Waals surface area contributed by atoms with Crippen LogP contribution in [0.2, 0.25) is 0 Å². The fourth-order valence-electron chi connectivity index (χ4n) is 1.36. The first kappa shape index (κ1) is 12.1. The van der Waals surface area contributed by atoms with Crippen LogP contribution in [0.3, 0.4) is 0 Å². The number of rotatable bonds is 3. The molecule has 1 rings (SSSR count). The Bertz CT molecular complexity index is 452. The molecule has 0 aliphatic rings. The highest BCUT2D eigenvalue weighted by Crippen LogP contribution is 2.15. The van der Waals surface area contributed by atoms with Crippen LogP contribution in [0, 0.1) is 11.8 Å². The Morgan fingerprint density at radius 3 is 2.81 bits per heavy atom. The van der Waals surface area contributed by atoms with Crippen LogP contribution in [0.1, 0.15) is 30.2 Å². The molecule has 0 aliphatic carbocycles. The molecule has 0 aromatic carbocycles. The van der Waals surface area contributed by atoms with E-state index in [0.29, 0.717) is 18.8 Å². The number of hydrogen-bond acceptors (Lipinski definition) is 4. The fraction of sp³-hybridized carbons (Fsp3) is 0.455. The molecule has 0 unspecified atom stereocenters. The number of anilines is 1. The highest BCUT2D eigenvalue weighted by molar-refractivity contribution is 5.92. The predicted octanol–water partition coefficient (Wildman–Crippen LogP) is 0.838. The molecule has 1 aromatic heterocycles. The van der Waals surface area contributed by atoms with E-state index in [1.54, 1.807) is 11.5 Å². The normalized spacial score (nSPS) is 9.44. The number of imidazole rings is 1. The first-order valence-corrected chi connectivity index (χ1v) is 4.98. The van der Waals surface area contributed by atoms with Crippen molar-refractivity contribution in [3.63, 3.8) is 0 Å². The van der Waals surface area contributed by atoms with E-state index in [2.05, 4.69) is 21.6 Å². The molecule has 0 bridgehead atoms. The lowest BCUT2D eigenvalue weighted by Gasteiger charge is -2.03. The Hall–Kier alpha value is -1.96. The van der Waals surface area contributed by atoms with Crippen LogP contribution in [-0.2, 0) is 17.7 Å². The first-order chi connectivity index (χ1) is 7.65. The Labute approximate surface area is 94.6 Å². The van der Waals surface area contributed by atoms with E-state index in [1.807, 2.05) is 6.92 Å². The summed E-state index contributed by atoms with van der Waals surface area (Å²) in [7, 11) is 1.30. The van der Waals surface area contributed by atoms with E-state index in [4.69, 9.17) is 5.73 Å². The van der Waals surface area contributed by atoms with Gasteiger partial charge in [0.1, 0.15) is 11.6 Å². The maximum atomic E-state index is 11.4. The van der Waals surface area contributed by atoms with Crippen molar-refractivity contribution in [3.05, 3.63) is 11.5 Å². The summed E-state index contributed by atoms with van der Waals surface area (Å²) < 4.78 is 6.33. The van der Waals surface area contributed by atoms with Gasteiger partial charge < -0.3 is 15.0 Å². The SMILES string of the molecule is CC#CCn1c(CC)nc(C(=O)OC)c1N. The number of hydrogen-bond donors (Lipinski definition) is 1. The van der Waals surface area contributed by atoms with Crippen LogP contribution in [-0.4, -0.2) is 22.6 Å². The van der Waals surface area contributed by atoms with Crippen molar-refractivity contribution in [1.29, 1.82) is 0 Å². The number of esters is 1. The molecule has 5 nitrogen and oxygen atoms in total. The molecule has 0 aliphatic heterocycles. The molecule has 0 atom stereocenters. The van der Waals surface area contributed by atoms with Gasteiger partial charge in [0.15, 0.2) is 5.69 Å². The summed E-state index contributed by atoms with van der Waals surface area (Å²) in [5, 5.41) is 0. The van der Waals surface area contributed by atoms with E-state index >= 15 is 0 Å². The van der Waals surface area contributed by atoms with Crippen LogP contribution in [0.25, 0.3) is 0 Å². The molecule has 0 spiro atoms. The molecular weight excluding hydrogens is 206 g/mol. The van der Waals surface area contributed by atoms with E-state index in [-0.39, 0.29) is 5.69 Å². The van der Waals surface area contributed by atoms with E-state index in [1.165, 1.54) is 7.11 Å². The fourth-order valence-corrected chi connectivity index (χ4v) is 1.36. The Morgan fingerprint density at radius 1 is 1.62 bits per heavy atom. The summed E-state index contributed by atoms with van der Waals surface area (Å²) in [6.07, 6.45) is 0.687. The number of ether oxygens (including phenoxy) is 1. The van der Waals surface area contributed by atoms with Gasteiger partial charge in [-0.3, -0.25) is 0 Å². The topological polar surface area (TPSA) is 70.1 Å². The summed E-state index contributed by atoms with van der Waals surface area (Å²) in [5.41, 5.74) is 5.99. The molecule has 0 amide bonds. The smallest absolute Gasteiger partial charge is 0.360 e.